The third-order valence-electron chi connectivity index (χ3n) is 3.97. The van der Waals surface area contributed by atoms with Crippen LogP contribution >= 0.6 is 31.9 Å². The highest BCUT2D eigenvalue weighted by molar-refractivity contribution is 9.10. The van der Waals surface area contributed by atoms with Crippen LogP contribution in [0.2, 0.25) is 0 Å². The van der Waals surface area contributed by atoms with Gasteiger partial charge in [0.05, 0.1) is 44.4 Å². The molecule has 0 amide bonds. The van der Waals surface area contributed by atoms with Crippen LogP contribution in [0.5, 0.6) is 0 Å². The van der Waals surface area contributed by atoms with Gasteiger partial charge in [0, 0.05) is 0 Å². The highest BCUT2D eigenvalue weighted by Crippen LogP contribution is 2.35. The average Bonchev–Trinajstić information content (AvgIpc) is 3.26. The maximum Gasteiger partial charge on any atom is 0.168 e. The van der Waals surface area contributed by atoms with Crippen LogP contribution < -0.4 is 0 Å². The van der Waals surface area contributed by atoms with Gasteiger partial charge in [-0.1, -0.05) is 44.0 Å². The van der Waals surface area contributed by atoms with E-state index in [9.17, 15) is 4.79 Å². The van der Waals surface area contributed by atoms with E-state index in [4.69, 9.17) is 0 Å². The van der Waals surface area contributed by atoms with E-state index >= 15 is 0 Å². The van der Waals surface area contributed by atoms with Gasteiger partial charge in [0.2, 0.25) is 0 Å². The fourth-order valence-corrected chi connectivity index (χ4v) is 4.13. The lowest BCUT2D eigenvalue weighted by Crippen LogP contribution is -2.12. The number of ketones is 1. The zero-order valence-corrected chi connectivity index (χ0v) is 15.5. The van der Waals surface area contributed by atoms with Crippen LogP contribution in [0.15, 0.2) is 49.1 Å². The van der Waals surface area contributed by atoms with Gasteiger partial charge in [-0.25, -0.2) is 9.97 Å². The van der Waals surface area contributed by atoms with Gasteiger partial charge in [-0.15, -0.1) is 0 Å². The van der Waals surface area contributed by atoms with Crippen molar-refractivity contribution in [3.05, 3.63) is 60.2 Å². The normalized spacial score (nSPS) is 14.1. The molecule has 0 aliphatic rings. The van der Waals surface area contributed by atoms with E-state index < -0.39 is 9.65 Å². The zero-order valence-electron chi connectivity index (χ0n) is 12.3. The maximum atomic E-state index is 12.8. The molecule has 7 heteroatoms. The molecule has 4 aromatic rings. The summed E-state index contributed by atoms with van der Waals surface area (Å²) in [6.07, 6.45) is 3.29. The number of Topliss-reactive ketones (excluding diaryl/α,β-unsaturated/α-hetero) is 1. The molecule has 0 aliphatic heterocycles. The number of rotatable bonds is 4. The number of imidazole rings is 2. The lowest BCUT2D eigenvalue weighted by atomic mass is 10.0. The maximum absolute atomic E-state index is 12.8. The second-order valence-corrected chi connectivity index (χ2v) is 7.32. The molecular weight excluding hydrogens is 436 g/mol. The first-order chi connectivity index (χ1) is 11.6. The third kappa shape index (κ3) is 2.67. The molecule has 4 rings (SSSR count). The van der Waals surface area contributed by atoms with Crippen molar-refractivity contribution in [3.8, 4) is 0 Å². The molecule has 0 aliphatic carbocycles. The molecule has 0 fully saturated rings. The zero-order chi connectivity index (χ0) is 16.7. The van der Waals surface area contributed by atoms with Crippen molar-refractivity contribution in [1.29, 1.82) is 0 Å². The van der Waals surface area contributed by atoms with Crippen LogP contribution in [0.1, 0.15) is 20.8 Å². The number of alkyl halides is 2. The Labute approximate surface area is 154 Å². The predicted molar refractivity (Wildman–Crippen MR) is 101 cm³/mol. The van der Waals surface area contributed by atoms with Gasteiger partial charge in [-0.05, 0) is 35.4 Å². The number of hydrogen-bond acceptors (Lipinski definition) is 3. The van der Waals surface area contributed by atoms with Gasteiger partial charge >= 0.3 is 0 Å². The van der Waals surface area contributed by atoms with E-state index in [1.807, 2.05) is 36.4 Å². The summed E-state index contributed by atoms with van der Waals surface area (Å²) in [4.78, 5) is 26.6. The largest absolute Gasteiger partial charge is 0.345 e. The SMILES string of the molecule is O=C(C(Br)c1ccc2nc[nH]c2c1)C(Br)c1ccc2nc[nH]c2c1. The monoisotopic (exact) mass is 446 g/mol. The van der Waals surface area contributed by atoms with Crippen LogP contribution in [-0.2, 0) is 4.79 Å². The van der Waals surface area contributed by atoms with E-state index in [1.54, 1.807) is 12.7 Å². The fraction of sp³-hybridized carbons (Fsp3) is 0.118. The van der Waals surface area contributed by atoms with Crippen molar-refractivity contribution in [2.24, 2.45) is 0 Å². The third-order valence-corrected chi connectivity index (χ3v) is 5.93. The molecule has 0 bridgehead atoms. The van der Waals surface area contributed by atoms with Crippen molar-refractivity contribution < 1.29 is 4.79 Å². The number of nitrogens with one attached hydrogen (secondary N) is 2. The average molecular weight is 448 g/mol. The molecule has 2 heterocycles. The highest BCUT2D eigenvalue weighted by Gasteiger charge is 2.26. The van der Waals surface area contributed by atoms with Gasteiger partial charge in [0.25, 0.3) is 0 Å². The topological polar surface area (TPSA) is 74.4 Å². The van der Waals surface area contributed by atoms with Crippen LogP contribution in [0, 0.1) is 0 Å². The minimum absolute atomic E-state index is 0.0349. The van der Waals surface area contributed by atoms with E-state index in [1.165, 1.54) is 0 Å². The van der Waals surface area contributed by atoms with Gasteiger partial charge in [-0.3, -0.25) is 4.79 Å². The van der Waals surface area contributed by atoms with Crippen molar-refractivity contribution in [3.63, 3.8) is 0 Å². The number of halogens is 2. The molecule has 0 radical (unpaired) electrons. The summed E-state index contributed by atoms with van der Waals surface area (Å²) in [6.45, 7) is 0. The summed E-state index contributed by atoms with van der Waals surface area (Å²) in [5, 5.41) is 0. The fourth-order valence-electron chi connectivity index (χ4n) is 2.68. The first kappa shape index (κ1) is 15.5. The lowest BCUT2D eigenvalue weighted by molar-refractivity contribution is -0.118. The van der Waals surface area contributed by atoms with Gasteiger partial charge in [0.1, 0.15) is 0 Å². The number of aromatic nitrogens is 4. The smallest absolute Gasteiger partial charge is 0.168 e. The number of carbonyl (C=O) groups excluding carboxylic acids is 1. The van der Waals surface area contributed by atoms with Crippen LogP contribution in [0.25, 0.3) is 22.1 Å². The van der Waals surface area contributed by atoms with Gasteiger partial charge in [0.15, 0.2) is 5.78 Å². The standard InChI is InChI=1S/C17H12Br2N4O/c18-15(9-1-3-11-13(5-9)22-7-20-11)17(24)16(19)10-2-4-12-14(6-10)23-8-21-12/h1-8,15-16H,(H,20,22)(H,21,23). The second kappa shape index (κ2) is 6.14. The molecule has 5 nitrogen and oxygen atoms in total. The Morgan fingerprint density at radius 3 is 1.75 bits per heavy atom. The molecule has 0 spiro atoms. The molecular formula is C17H12Br2N4O. The molecule has 0 saturated heterocycles. The van der Waals surface area contributed by atoms with Crippen molar-refractivity contribution >= 4 is 59.7 Å². The summed E-state index contributed by atoms with van der Waals surface area (Å²) >= 11 is 7.06. The summed E-state index contributed by atoms with van der Waals surface area (Å²) in [7, 11) is 0. The number of carbonyl (C=O) groups is 1. The quantitative estimate of drug-likeness (QED) is 0.449. The van der Waals surface area contributed by atoms with Crippen LogP contribution in [0.3, 0.4) is 0 Å². The number of nitrogens with zero attached hydrogens (tertiary/aromatic N) is 2. The van der Waals surface area contributed by atoms with Crippen molar-refractivity contribution in [2.45, 2.75) is 9.65 Å². The first-order valence-electron chi connectivity index (χ1n) is 7.31. The number of fused-ring (bicyclic) bond motifs is 2. The van der Waals surface area contributed by atoms with Crippen LogP contribution in [0.4, 0.5) is 0 Å². The minimum Gasteiger partial charge on any atom is -0.345 e. The number of benzene rings is 2. The predicted octanol–water partition coefficient (Wildman–Crippen LogP) is 4.58. The van der Waals surface area contributed by atoms with Crippen molar-refractivity contribution in [2.75, 3.05) is 0 Å². The van der Waals surface area contributed by atoms with Gasteiger partial charge < -0.3 is 9.97 Å². The minimum atomic E-state index is -0.410. The number of hydrogen-bond donors (Lipinski definition) is 2. The Morgan fingerprint density at radius 2 is 1.29 bits per heavy atom. The number of H-pyrrole nitrogens is 2. The summed E-state index contributed by atoms with van der Waals surface area (Å²) in [6, 6.07) is 11.5. The Hall–Kier alpha value is -1.99. The van der Waals surface area contributed by atoms with E-state index in [0.717, 1.165) is 33.2 Å². The van der Waals surface area contributed by atoms with E-state index in [-0.39, 0.29) is 5.78 Å². The van der Waals surface area contributed by atoms with E-state index in [0.29, 0.717) is 0 Å². The molecule has 2 aromatic heterocycles. The number of aromatic amines is 2. The molecule has 2 N–H and O–H groups in total. The summed E-state index contributed by atoms with van der Waals surface area (Å²) in [5.41, 5.74) is 5.37. The second-order valence-electron chi connectivity index (χ2n) is 5.49. The Balaban J connectivity index is 1.63. The molecule has 0 saturated carbocycles. The Morgan fingerprint density at radius 1 is 0.833 bits per heavy atom. The molecule has 2 unspecified atom stereocenters. The summed E-state index contributed by atoms with van der Waals surface area (Å²) < 4.78 is 0. The first-order valence-corrected chi connectivity index (χ1v) is 9.14. The van der Waals surface area contributed by atoms with Crippen LogP contribution in [-0.4, -0.2) is 25.7 Å². The van der Waals surface area contributed by atoms with Crippen molar-refractivity contribution in [1.82, 2.24) is 19.9 Å². The Kier molecular flexibility index (Phi) is 3.97. The molecule has 24 heavy (non-hydrogen) atoms. The molecule has 2 atom stereocenters. The Bertz CT molecular complexity index is 957. The highest BCUT2D eigenvalue weighted by atomic mass is 79.9. The van der Waals surface area contributed by atoms with E-state index in [2.05, 4.69) is 51.8 Å². The van der Waals surface area contributed by atoms with Gasteiger partial charge in [-0.2, -0.15) is 0 Å². The lowest BCUT2D eigenvalue weighted by Gasteiger charge is -2.15. The molecule has 120 valence electrons. The molecule has 2 aromatic carbocycles. The summed E-state index contributed by atoms with van der Waals surface area (Å²) in [5.74, 6) is 0.0349.